The van der Waals surface area contributed by atoms with Crippen LogP contribution in [0, 0.1) is 0 Å². The summed E-state index contributed by atoms with van der Waals surface area (Å²) in [6, 6.07) is -0.630. The summed E-state index contributed by atoms with van der Waals surface area (Å²) >= 11 is 0. The number of aliphatic hydroxyl groups is 2. The molecule has 3 N–H and O–H groups in total. The van der Waals surface area contributed by atoms with Crippen LogP contribution in [0.25, 0.3) is 0 Å². The Bertz CT molecular complexity index is 1080. The normalized spacial score (nSPS) is 12.6. The Hall–Kier alpha value is -1.40. The minimum absolute atomic E-state index is 0.0123. The molecule has 0 bridgehead atoms. The number of carbonyl (C=O) groups is 2. The molecular weight excluding hydrogens is 887 g/mol. The summed E-state index contributed by atoms with van der Waals surface area (Å²) in [4.78, 5) is 24.6. The monoisotopic (exact) mass is 1020 g/mol. The van der Waals surface area contributed by atoms with Crippen molar-refractivity contribution in [1.82, 2.24) is 5.32 Å². The molecule has 0 saturated heterocycles. The van der Waals surface area contributed by atoms with Gasteiger partial charge in [0.1, 0.15) is 0 Å². The van der Waals surface area contributed by atoms with Crippen molar-refractivity contribution < 1.29 is 24.5 Å². The fourth-order valence-electron chi connectivity index (χ4n) is 10.5. The molecule has 2 atom stereocenters. The highest BCUT2D eigenvalue weighted by atomic mass is 16.5. The van der Waals surface area contributed by atoms with Crippen molar-refractivity contribution in [3.05, 3.63) is 12.2 Å². The van der Waals surface area contributed by atoms with Crippen molar-refractivity contribution >= 4 is 11.9 Å². The van der Waals surface area contributed by atoms with Gasteiger partial charge in [0.15, 0.2) is 0 Å². The zero-order valence-corrected chi connectivity index (χ0v) is 48.9. The predicted octanol–water partition coefficient (Wildman–Crippen LogP) is 20.8. The molecule has 6 nitrogen and oxygen atoms in total. The Balaban J connectivity index is 3.41. The molecule has 0 aromatic heterocycles. The Kier molecular flexibility index (Phi) is 60.9. The van der Waals surface area contributed by atoms with E-state index in [0.29, 0.717) is 19.4 Å². The zero-order valence-electron chi connectivity index (χ0n) is 48.9. The fourth-order valence-corrected chi connectivity index (χ4v) is 10.5. The number of nitrogens with one attached hydrogen (secondary N) is 1. The predicted molar refractivity (Wildman–Crippen MR) is 315 cm³/mol. The molecule has 0 heterocycles. The van der Waals surface area contributed by atoms with E-state index in [9.17, 15) is 19.8 Å². The van der Waals surface area contributed by atoms with Crippen LogP contribution in [0.1, 0.15) is 373 Å². The van der Waals surface area contributed by atoms with Gasteiger partial charge < -0.3 is 20.3 Å². The molecule has 0 aliphatic heterocycles. The van der Waals surface area contributed by atoms with Crippen LogP contribution in [-0.2, 0) is 14.3 Å². The fraction of sp³-hybridized carbons (Fsp3) is 0.939. The zero-order chi connectivity index (χ0) is 52.2. The summed E-state index contributed by atoms with van der Waals surface area (Å²) < 4.78 is 5.49. The standard InChI is InChI=1S/C66H129NO5/c1-3-5-7-9-11-13-15-17-19-20-21-22-24-27-31-34-38-42-46-50-54-58-64(69)63(62-68)67-65(70)59-55-51-47-43-39-35-32-28-25-23-26-29-33-37-41-45-49-53-57-61-72-66(71)60-56-52-48-44-40-36-30-18-16-14-12-10-8-6-4-2/h54,58,63-64,68-69H,3-53,55-57,59-62H2,1-2H3,(H,67,70)/b58-54+. The van der Waals surface area contributed by atoms with Crippen LogP contribution in [0.3, 0.4) is 0 Å². The minimum atomic E-state index is -0.847. The van der Waals surface area contributed by atoms with Crippen LogP contribution in [-0.4, -0.2) is 47.4 Å². The lowest BCUT2D eigenvalue weighted by molar-refractivity contribution is -0.143. The number of allylic oxidation sites excluding steroid dienone is 1. The summed E-state index contributed by atoms with van der Waals surface area (Å²) in [5.74, 6) is -0.0543. The number of hydrogen-bond acceptors (Lipinski definition) is 5. The molecule has 72 heavy (non-hydrogen) atoms. The molecule has 428 valence electrons. The molecule has 0 aromatic carbocycles. The van der Waals surface area contributed by atoms with E-state index in [2.05, 4.69) is 19.2 Å². The summed E-state index contributed by atoms with van der Waals surface area (Å²) in [7, 11) is 0. The highest BCUT2D eigenvalue weighted by molar-refractivity contribution is 5.76. The quantitative estimate of drug-likeness (QED) is 0.0320. The first kappa shape index (κ1) is 70.6. The molecule has 0 aliphatic carbocycles. The van der Waals surface area contributed by atoms with Crippen molar-refractivity contribution in [3.63, 3.8) is 0 Å². The second-order valence-electron chi connectivity index (χ2n) is 22.8. The minimum Gasteiger partial charge on any atom is -0.466 e. The van der Waals surface area contributed by atoms with E-state index in [-0.39, 0.29) is 18.5 Å². The first-order valence-electron chi connectivity index (χ1n) is 33.0. The van der Waals surface area contributed by atoms with Crippen LogP contribution in [0.2, 0.25) is 0 Å². The summed E-state index contributed by atoms with van der Waals surface area (Å²) in [6.45, 7) is 4.94. The molecule has 0 spiro atoms. The van der Waals surface area contributed by atoms with E-state index in [1.165, 1.54) is 308 Å². The molecular formula is C66H129NO5. The molecule has 0 radical (unpaired) electrons. The maximum atomic E-state index is 12.5. The van der Waals surface area contributed by atoms with Gasteiger partial charge >= 0.3 is 5.97 Å². The van der Waals surface area contributed by atoms with Crippen LogP contribution in [0.5, 0.6) is 0 Å². The average Bonchev–Trinajstić information content (AvgIpc) is 3.38. The number of esters is 1. The Morgan fingerprint density at radius 3 is 0.944 bits per heavy atom. The third kappa shape index (κ3) is 57.9. The lowest BCUT2D eigenvalue weighted by Crippen LogP contribution is -2.45. The molecule has 0 rings (SSSR count). The van der Waals surface area contributed by atoms with Crippen molar-refractivity contribution in [3.8, 4) is 0 Å². The van der Waals surface area contributed by atoms with E-state index in [1.54, 1.807) is 6.08 Å². The van der Waals surface area contributed by atoms with Crippen molar-refractivity contribution in [2.75, 3.05) is 13.2 Å². The molecule has 6 heteroatoms. The largest absolute Gasteiger partial charge is 0.466 e. The Morgan fingerprint density at radius 1 is 0.375 bits per heavy atom. The summed E-state index contributed by atoms with van der Waals surface area (Å²) in [5.41, 5.74) is 0. The van der Waals surface area contributed by atoms with Crippen molar-refractivity contribution in [2.45, 2.75) is 386 Å². The Morgan fingerprint density at radius 2 is 0.639 bits per heavy atom. The maximum Gasteiger partial charge on any atom is 0.305 e. The second kappa shape index (κ2) is 62.1. The van der Waals surface area contributed by atoms with Gasteiger partial charge in [-0.25, -0.2) is 0 Å². The van der Waals surface area contributed by atoms with E-state index in [0.717, 1.165) is 38.5 Å². The smallest absolute Gasteiger partial charge is 0.305 e. The first-order valence-corrected chi connectivity index (χ1v) is 33.0. The van der Waals surface area contributed by atoms with Gasteiger partial charge in [0.2, 0.25) is 5.91 Å². The van der Waals surface area contributed by atoms with Gasteiger partial charge in [-0.3, -0.25) is 9.59 Å². The lowest BCUT2D eigenvalue weighted by atomic mass is 10.0. The molecule has 1 amide bonds. The van der Waals surface area contributed by atoms with Crippen molar-refractivity contribution in [2.24, 2.45) is 0 Å². The van der Waals surface area contributed by atoms with Crippen LogP contribution < -0.4 is 5.32 Å². The first-order chi connectivity index (χ1) is 35.5. The van der Waals surface area contributed by atoms with E-state index in [1.807, 2.05) is 6.08 Å². The van der Waals surface area contributed by atoms with Crippen molar-refractivity contribution in [1.29, 1.82) is 0 Å². The second-order valence-corrected chi connectivity index (χ2v) is 22.8. The van der Waals surface area contributed by atoms with E-state index < -0.39 is 12.1 Å². The maximum absolute atomic E-state index is 12.5. The van der Waals surface area contributed by atoms with Crippen LogP contribution in [0.15, 0.2) is 12.2 Å². The number of rotatable bonds is 62. The SMILES string of the molecule is CCCCCCCCCCCCCCCCCCCCC/C=C/C(O)C(CO)NC(=O)CCCCCCCCCCCCCCCCCCCCCOC(=O)CCCCCCCCCCCCCCCCC. The third-order valence-electron chi connectivity index (χ3n) is 15.6. The molecule has 0 aliphatic rings. The molecule has 0 saturated carbocycles. The number of aliphatic hydroxyl groups excluding tert-OH is 2. The average molecular weight is 1020 g/mol. The van der Waals surface area contributed by atoms with Gasteiger partial charge in [0, 0.05) is 12.8 Å². The summed E-state index contributed by atoms with van der Waals surface area (Å²) in [6.07, 6.45) is 75.4. The van der Waals surface area contributed by atoms with E-state index in [4.69, 9.17) is 4.74 Å². The Labute approximate surface area is 450 Å². The molecule has 0 aromatic rings. The molecule has 2 unspecified atom stereocenters. The molecule has 0 fully saturated rings. The number of hydrogen-bond donors (Lipinski definition) is 3. The van der Waals surface area contributed by atoms with Gasteiger partial charge in [0.25, 0.3) is 0 Å². The van der Waals surface area contributed by atoms with Crippen LogP contribution in [0.4, 0.5) is 0 Å². The number of amides is 1. The van der Waals surface area contributed by atoms with Gasteiger partial charge in [0.05, 0.1) is 25.4 Å². The van der Waals surface area contributed by atoms with E-state index >= 15 is 0 Å². The van der Waals surface area contributed by atoms with Crippen LogP contribution >= 0.6 is 0 Å². The lowest BCUT2D eigenvalue weighted by Gasteiger charge is -2.20. The van der Waals surface area contributed by atoms with Gasteiger partial charge in [-0.1, -0.05) is 341 Å². The number of ether oxygens (including phenoxy) is 1. The number of unbranched alkanes of at least 4 members (excludes halogenated alkanes) is 51. The van der Waals surface area contributed by atoms with Gasteiger partial charge in [-0.05, 0) is 32.1 Å². The topological polar surface area (TPSA) is 95.9 Å². The summed E-state index contributed by atoms with van der Waals surface area (Å²) in [5, 5.41) is 23.2. The highest BCUT2D eigenvalue weighted by Crippen LogP contribution is 2.19. The third-order valence-corrected chi connectivity index (χ3v) is 15.6. The highest BCUT2D eigenvalue weighted by Gasteiger charge is 2.18. The number of carbonyl (C=O) groups excluding carboxylic acids is 2. The van der Waals surface area contributed by atoms with Gasteiger partial charge in [-0.15, -0.1) is 0 Å². The van der Waals surface area contributed by atoms with Gasteiger partial charge in [-0.2, -0.15) is 0 Å².